The lowest BCUT2D eigenvalue weighted by Crippen LogP contribution is -2.64. The van der Waals surface area contributed by atoms with Gasteiger partial charge in [-0.25, -0.2) is 0 Å². The van der Waals surface area contributed by atoms with Gasteiger partial charge in [-0.05, 0) is 38.9 Å². The Bertz CT molecular complexity index is 468. The van der Waals surface area contributed by atoms with Gasteiger partial charge in [-0.3, -0.25) is 0 Å². The van der Waals surface area contributed by atoms with Gasteiger partial charge in [0, 0.05) is 17.9 Å². The van der Waals surface area contributed by atoms with Crippen molar-refractivity contribution in [2.75, 3.05) is 13.7 Å². The fourth-order valence-electron chi connectivity index (χ4n) is 4.17. The van der Waals surface area contributed by atoms with E-state index in [0.29, 0.717) is 24.2 Å². The summed E-state index contributed by atoms with van der Waals surface area (Å²) in [6.45, 7) is 2.69. The van der Waals surface area contributed by atoms with E-state index in [0.717, 1.165) is 17.9 Å². The van der Waals surface area contributed by atoms with E-state index in [4.69, 9.17) is 9.47 Å². The first kappa shape index (κ1) is 14.7. The summed E-state index contributed by atoms with van der Waals surface area (Å²) in [5.74, 6) is 1.78. The zero-order valence-electron chi connectivity index (χ0n) is 13.2. The molecule has 3 nitrogen and oxygen atoms in total. The van der Waals surface area contributed by atoms with Gasteiger partial charge in [0.25, 0.3) is 0 Å². The van der Waals surface area contributed by atoms with Gasteiger partial charge in [0.2, 0.25) is 0 Å². The number of ether oxygens (including phenoxy) is 2. The molecule has 0 aliphatic heterocycles. The van der Waals surface area contributed by atoms with Crippen molar-refractivity contribution in [1.82, 2.24) is 5.32 Å². The molecule has 2 aliphatic carbocycles. The molecule has 0 bridgehead atoms. The maximum atomic E-state index is 6.39. The van der Waals surface area contributed by atoms with Crippen molar-refractivity contribution < 1.29 is 9.47 Å². The highest BCUT2D eigenvalue weighted by atomic mass is 16.5. The Morgan fingerprint density at radius 1 is 1.14 bits per heavy atom. The molecule has 0 saturated heterocycles. The molecule has 1 spiro atoms. The van der Waals surface area contributed by atoms with Crippen molar-refractivity contribution in [3.8, 4) is 11.5 Å². The first-order chi connectivity index (χ1) is 10.3. The molecular formula is C18H27NO2. The Morgan fingerprint density at radius 2 is 1.86 bits per heavy atom. The van der Waals surface area contributed by atoms with E-state index >= 15 is 0 Å². The van der Waals surface area contributed by atoms with Gasteiger partial charge in [0.1, 0.15) is 6.10 Å². The number of rotatable bonds is 5. The monoisotopic (exact) mass is 289 g/mol. The first-order valence-electron chi connectivity index (χ1n) is 8.36. The van der Waals surface area contributed by atoms with Gasteiger partial charge in [-0.15, -0.1) is 0 Å². The SMILES string of the molecule is CCOc1ccccc1OC1CC(NC)C12CCCCC2. The lowest BCUT2D eigenvalue weighted by molar-refractivity contribution is -0.101. The molecule has 2 aliphatic rings. The molecule has 2 atom stereocenters. The number of para-hydroxylation sites is 2. The average molecular weight is 289 g/mol. The number of hydrogen-bond donors (Lipinski definition) is 1. The highest BCUT2D eigenvalue weighted by Crippen LogP contribution is 2.53. The Kier molecular flexibility index (Phi) is 4.39. The predicted octanol–water partition coefficient (Wildman–Crippen LogP) is 3.77. The summed E-state index contributed by atoms with van der Waals surface area (Å²) >= 11 is 0. The van der Waals surface area contributed by atoms with E-state index in [2.05, 4.69) is 12.4 Å². The summed E-state index contributed by atoms with van der Waals surface area (Å²) in [5, 5.41) is 3.51. The topological polar surface area (TPSA) is 30.5 Å². The minimum absolute atomic E-state index is 0.330. The molecule has 2 unspecified atom stereocenters. The molecule has 0 radical (unpaired) electrons. The van der Waals surface area contributed by atoms with Gasteiger partial charge in [0.15, 0.2) is 11.5 Å². The molecule has 116 valence electrons. The third-order valence-corrected chi connectivity index (χ3v) is 5.34. The van der Waals surface area contributed by atoms with Crippen molar-refractivity contribution in [1.29, 1.82) is 0 Å². The zero-order valence-corrected chi connectivity index (χ0v) is 13.2. The highest BCUT2D eigenvalue weighted by Gasteiger charge is 2.56. The maximum Gasteiger partial charge on any atom is 0.161 e. The summed E-state index contributed by atoms with van der Waals surface area (Å²) in [7, 11) is 2.09. The van der Waals surface area contributed by atoms with E-state index < -0.39 is 0 Å². The predicted molar refractivity (Wildman–Crippen MR) is 85.0 cm³/mol. The quantitative estimate of drug-likeness (QED) is 0.895. The fourth-order valence-corrected chi connectivity index (χ4v) is 4.17. The Labute approximate surface area is 128 Å². The Morgan fingerprint density at radius 3 is 2.52 bits per heavy atom. The van der Waals surface area contributed by atoms with Crippen LogP contribution in [0, 0.1) is 5.41 Å². The van der Waals surface area contributed by atoms with E-state index in [9.17, 15) is 0 Å². The molecule has 0 aromatic heterocycles. The average Bonchev–Trinajstić information content (AvgIpc) is 2.53. The lowest BCUT2D eigenvalue weighted by atomic mass is 9.55. The van der Waals surface area contributed by atoms with Crippen molar-refractivity contribution in [2.45, 2.75) is 57.6 Å². The Balaban J connectivity index is 1.75. The zero-order chi connectivity index (χ0) is 14.7. The molecule has 0 heterocycles. The molecule has 2 fully saturated rings. The normalized spacial score (nSPS) is 27.1. The second-order valence-corrected chi connectivity index (χ2v) is 6.36. The fraction of sp³-hybridized carbons (Fsp3) is 0.667. The van der Waals surface area contributed by atoms with Crippen LogP contribution >= 0.6 is 0 Å². The van der Waals surface area contributed by atoms with Crippen LogP contribution in [0.1, 0.15) is 45.4 Å². The maximum absolute atomic E-state index is 6.39. The third kappa shape index (κ3) is 2.64. The summed E-state index contributed by atoms with van der Waals surface area (Å²) in [5.41, 5.74) is 0.340. The van der Waals surface area contributed by atoms with Crippen molar-refractivity contribution in [3.63, 3.8) is 0 Å². The molecule has 1 aromatic rings. The molecular weight excluding hydrogens is 262 g/mol. The van der Waals surface area contributed by atoms with Crippen LogP contribution in [0.3, 0.4) is 0 Å². The summed E-state index contributed by atoms with van der Waals surface area (Å²) in [6.07, 6.45) is 8.07. The summed E-state index contributed by atoms with van der Waals surface area (Å²) in [4.78, 5) is 0. The van der Waals surface area contributed by atoms with E-state index in [1.807, 2.05) is 31.2 Å². The van der Waals surface area contributed by atoms with Crippen LogP contribution in [-0.4, -0.2) is 25.8 Å². The number of benzene rings is 1. The van der Waals surface area contributed by atoms with Crippen molar-refractivity contribution in [3.05, 3.63) is 24.3 Å². The molecule has 2 saturated carbocycles. The molecule has 3 rings (SSSR count). The lowest BCUT2D eigenvalue weighted by Gasteiger charge is -2.57. The molecule has 21 heavy (non-hydrogen) atoms. The molecule has 1 N–H and O–H groups in total. The molecule has 0 amide bonds. The van der Waals surface area contributed by atoms with Crippen LogP contribution in [0.5, 0.6) is 11.5 Å². The number of hydrogen-bond acceptors (Lipinski definition) is 3. The van der Waals surface area contributed by atoms with Crippen LogP contribution in [-0.2, 0) is 0 Å². The minimum Gasteiger partial charge on any atom is -0.490 e. The third-order valence-electron chi connectivity index (χ3n) is 5.34. The van der Waals surface area contributed by atoms with Crippen LogP contribution in [0.2, 0.25) is 0 Å². The second kappa shape index (κ2) is 6.27. The van der Waals surface area contributed by atoms with Crippen LogP contribution < -0.4 is 14.8 Å². The molecule has 1 aromatic carbocycles. The summed E-state index contributed by atoms with van der Waals surface area (Å²) in [6, 6.07) is 8.68. The largest absolute Gasteiger partial charge is 0.490 e. The van der Waals surface area contributed by atoms with E-state index in [1.54, 1.807) is 0 Å². The second-order valence-electron chi connectivity index (χ2n) is 6.36. The number of nitrogens with one attached hydrogen (secondary N) is 1. The van der Waals surface area contributed by atoms with Gasteiger partial charge in [-0.2, -0.15) is 0 Å². The van der Waals surface area contributed by atoms with E-state index in [-0.39, 0.29) is 0 Å². The van der Waals surface area contributed by atoms with Crippen LogP contribution in [0.4, 0.5) is 0 Å². The smallest absolute Gasteiger partial charge is 0.161 e. The van der Waals surface area contributed by atoms with Gasteiger partial charge < -0.3 is 14.8 Å². The summed E-state index contributed by atoms with van der Waals surface area (Å²) < 4.78 is 12.1. The van der Waals surface area contributed by atoms with Gasteiger partial charge in [-0.1, -0.05) is 31.4 Å². The Hall–Kier alpha value is -1.22. The molecule has 3 heteroatoms. The van der Waals surface area contributed by atoms with Crippen LogP contribution in [0.25, 0.3) is 0 Å². The van der Waals surface area contributed by atoms with Gasteiger partial charge in [0.05, 0.1) is 6.61 Å². The standard InChI is InChI=1S/C18H27NO2/c1-3-20-14-9-5-6-10-15(14)21-17-13-16(19-2)18(17)11-7-4-8-12-18/h5-6,9-10,16-17,19H,3-4,7-8,11-13H2,1-2H3. The van der Waals surface area contributed by atoms with Crippen molar-refractivity contribution in [2.24, 2.45) is 5.41 Å². The first-order valence-corrected chi connectivity index (χ1v) is 8.36. The van der Waals surface area contributed by atoms with E-state index in [1.165, 1.54) is 32.1 Å². The highest BCUT2D eigenvalue weighted by molar-refractivity contribution is 5.40. The van der Waals surface area contributed by atoms with Crippen LogP contribution in [0.15, 0.2) is 24.3 Å². The van der Waals surface area contributed by atoms with Gasteiger partial charge >= 0.3 is 0 Å². The minimum atomic E-state index is 0.330. The van der Waals surface area contributed by atoms with Crippen molar-refractivity contribution >= 4 is 0 Å².